The lowest BCUT2D eigenvalue weighted by Gasteiger charge is -2.15. The van der Waals surface area contributed by atoms with Gasteiger partial charge >= 0.3 is 0 Å². The molecule has 2 rings (SSSR count). The maximum absolute atomic E-state index is 4.52. The number of nitrogens with zero attached hydrogens (tertiary/aromatic N) is 1. The number of benzene rings is 1. The highest BCUT2D eigenvalue weighted by Crippen LogP contribution is 2.21. The molecule has 0 bridgehead atoms. The van der Waals surface area contributed by atoms with Gasteiger partial charge in [0.1, 0.15) is 0 Å². The number of nitrogens with one attached hydrogen (secondary N) is 1. The highest BCUT2D eigenvalue weighted by molar-refractivity contribution is 14.1. The first kappa shape index (κ1) is 13.0. The van der Waals surface area contributed by atoms with Crippen molar-refractivity contribution in [1.82, 2.24) is 10.3 Å². The molecule has 90 valence electrons. The summed E-state index contributed by atoms with van der Waals surface area (Å²) in [7, 11) is 2.00. The molecule has 2 aromatic rings. The van der Waals surface area contributed by atoms with Crippen LogP contribution in [0.4, 0.5) is 0 Å². The molecule has 1 unspecified atom stereocenters. The van der Waals surface area contributed by atoms with Gasteiger partial charge in [-0.15, -0.1) is 11.3 Å². The van der Waals surface area contributed by atoms with Crippen molar-refractivity contribution in [2.45, 2.75) is 19.4 Å². The minimum atomic E-state index is 0.345. The van der Waals surface area contributed by atoms with Crippen LogP contribution in [0.25, 0.3) is 0 Å². The van der Waals surface area contributed by atoms with Crippen LogP contribution >= 0.6 is 33.9 Å². The van der Waals surface area contributed by atoms with E-state index in [-0.39, 0.29) is 0 Å². The van der Waals surface area contributed by atoms with E-state index in [0.717, 1.165) is 12.1 Å². The Hall–Kier alpha value is -0.460. The van der Waals surface area contributed by atoms with Crippen molar-refractivity contribution in [2.75, 3.05) is 7.05 Å². The zero-order valence-electron chi connectivity index (χ0n) is 9.90. The third-order valence-electron chi connectivity index (χ3n) is 2.67. The Bertz CT molecular complexity index is 478. The van der Waals surface area contributed by atoms with Crippen molar-refractivity contribution in [3.05, 3.63) is 49.5 Å². The number of hydrogen-bond donors (Lipinski definition) is 1. The van der Waals surface area contributed by atoms with E-state index >= 15 is 0 Å². The van der Waals surface area contributed by atoms with Gasteiger partial charge in [-0.05, 0) is 54.3 Å². The van der Waals surface area contributed by atoms with Gasteiger partial charge in [0.25, 0.3) is 0 Å². The van der Waals surface area contributed by atoms with Crippen LogP contribution in [0.2, 0.25) is 0 Å². The van der Waals surface area contributed by atoms with Crippen molar-refractivity contribution in [2.24, 2.45) is 0 Å². The number of hydrogen-bond acceptors (Lipinski definition) is 3. The summed E-state index contributed by atoms with van der Waals surface area (Å²) in [5.41, 5.74) is 2.43. The fourth-order valence-corrected chi connectivity index (χ4v) is 2.93. The van der Waals surface area contributed by atoms with Crippen molar-refractivity contribution >= 4 is 33.9 Å². The first-order valence-corrected chi connectivity index (χ1v) is 7.48. The van der Waals surface area contributed by atoms with Gasteiger partial charge < -0.3 is 5.32 Å². The molecular weight excluding hydrogens is 343 g/mol. The average molecular weight is 358 g/mol. The molecule has 0 amide bonds. The van der Waals surface area contributed by atoms with E-state index in [1.807, 2.05) is 14.0 Å². The molecule has 0 aliphatic carbocycles. The third kappa shape index (κ3) is 3.50. The van der Waals surface area contributed by atoms with Crippen LogP contribution in [0.15, 0.2) is 29.6 Å². The predicted octanol–water partition coefficient (Wildman–Crippen LogP) is 3.56. The van der Waals surface area contributed by atoms with Crippen molar-refractivity contribution in [3.63, 3.8) is 0 Å². The fraction of sp³-hybridized carbons (Fsp3) is 0.308. The van der Waals surface area contributed by atoms with Gasteiger partial charge in [-0.2, -0.15) is 0 Å². The molecule has 0 aliphatic rings. The second-order valence-corrected chi connectivity index (χ2v) is 6.17. The summed E-state index contributed by atoms with van der Waals surface area (Å²) in [5, 5.41) is 6.66. The molecule has 0 fully saturated rings. The summed E-state index contributed by atoms with van der Waals surface area (Å²) in [5.74, 6) is 0. The van der Waals surface area contributed by atoms with E-state index in [1.165, 1.54) is 14.1 Å². The second-order valence-electron chi connectivity index (χ2n) is 3.98. The minimum absolute atomic E-state index is 0.345. The van der Waals surface area contributed by atoms with Gasteiger partial charge in [0.2, 0.25) is 0 Å². The molecule has 0 saturated carbocycles. The van der Waals surface area contributed by atoms with Crippen LogP contribution in [0.5, 0.6) is 0 Å². The number of halogens is 1. The van der Waals surface area contributed by atoms with Gasteiger partial charge in [-0.3, -0.25) is 0 Å². The maximum Gasteiger partial charge on any atom is 0.0947 e. The van der Waals surface area contributed by atoms with Crippen molar-refractivity contribution in [3.8, 4) is 0 Å². The molecule has 2 nitrogen and oxygen atoms in total. The zero-order chi connectivity index (χ0) is 12.3. The van der Waals surface area contributed by atoms with Gasteiger partial charge in [0.05, 0.1) is 5.01 Å². The van der Waals surface area contributed by atoms with Crippen LogP contribution < -0.4 is 5.32 Å². The standard InChI is InChI=1S/C13H15IN2S/c1-9-8-17-13(16-9)7-12(15-2)10-3-5-11(14)6-4-10/h3-6,8,12,15H,7H2,1-2H3. The zero-order valence-corrected chi connectivity index (χ0v) is 12.9. The highest BCUT2D eigenvalue weighted by atomic mass is 127. The summed E-state index contributed by atoms with van der Waals surface area (Å²) in [6.45, 7) is 2.04. The lowest BCUT2D eigenvalue weighted by Crippen LogP contribution is -2.18. The van der Waals surface area contributed by atoms with E-state index in [9.17, 15) is 0 Å². The molecule has 0 radical (unpaired) electrons. The van der Waals surface area contributed by atoms with Crippen LogP contribution in [0.3, 0.4) is 0 Å². The number of aryl methyl sites for hydroxylation is 1. The number of likely N-dealkylation sites (N-methyl/N-ethyl adjacent to an activating group) is 1. The Morgan fingerprint density at radius 2 is 2.06 bits per heavy atom. The Morgan fingerprint density at radius 3 is 2.59 bits per heavy atom. The lowest BCUT2D eigenvalue weighted by molar-refractivity contribution is 0.590. The Kier molecular flexibility index (Phi) is 4.53. The molecule has 1 heterocycles. The molecule has 1 N–H and O–H groups in total. The molecule has 17 heavy (non-hydrogen) atoms. The number of rotatable bonds is 4. The third-order valence-corrected chi connectivity index (χ3v) is 4.37. The van der Waals surface area contributed by atoms with Crippen molar-refractivity contribution in [1.29, 1.82) is 0 Å². The van der Waals surface area contributed by atoms with Gasteiger partial charge in [-0.1, -0.05) is 12.1 Å². The summed E-state index contributed by atoms with van der Waals surface area (Å²) in [6.07, 6.45) is 0.954. The molecule has 4 heteroatoms. The molecule has 0 aliphatic heterocycles. The van der Waals surface area contributed by atoms with Crippen LogP contribution in [-0.4, -0.2) is 12.0 Å². The van der Waals surface area contributed by atoms with E-state index < -0.39 is 0 Å². The van der Waals surface area contributed by atoms with Crippen LogP contribution in [-0.2, 0) is 6.42 Å². The lowest BCUT2D eigenvalue weighted by atomic mass is 10.0. The predicted molar refractivity (Wildman–Crippen MR) is 81.5 cm³/mol. The molecule has 1 aromatic carbocycles. The van der Waals surface area contributed by atoms with Crippen LogP contribution in [0.1, 0.15) is 22.3 Å². The molecule has 0 spiro atoms. The normalized spacial score (nSPS) is 12.6. The molecule has 0 saturated heterocycles. The summed E-state index contributed by atoms with van der Waals surface area (Å²) in [6, 6.07) is 9.01. The van der Waals surface area contributed by atoms with Gasteiger partial charge in [0.15, 0.2) is 0 Å². The average Bonchev–Trinajstić information content (AvgIpc) is 2.73. The summed E-state index contributed by atoms with van der Waals surface area (Å²) in [4.78, 5) is 4.52. The monoisotopic (exact) mass is 358 g/mol. The quantitative estimate of drug-likeness (QED) is 0.846. The summed E-state index contributed by atoms with van der Waals surface area (Å²) >= 11 is 4.07. The molecule has 1 aromatic heterocycles. The Balaban J connectivity index is 2.13. The second kappa shape index (κ2) is 5.93. The van der Waals surface area contributed by atoms with E-state index in [0.29, 0.717) is 6.04 Å². The molecular formula is C13H15IN2S. The van der Waals surface area contributed by atoms with Crippen LogP contribution in [0, 0.1) is 10.5 Å². The first-order chi connectivity index (χ1) is 8.19. The van der Waals surface area contributed by atoms with E-state index in [4.69, 9.17) is 0 Å². The first-order valence-electron chi connectivity index (χ1n) is 5.53. The highest BCUT2D eigenvalue weighted by Gasteiger charge is 2.11. The van der Waals surface area contributed by atoms with Gasteiger partial charge in [-0.25, -0.2) is 4.98 Å². The fourth-order valence-electron chi connectivity index (χ4n) is 1.75. The SMILES string of the molecule is CNC(Cc1nc(C)cs1)c1ccc(I)cc1. The van der Waals surface area contributed by atoms with E-state index in [1.54, 1.807) is 11.3 Å². The van der Waals surface area contributed by atoms with Gasteiger partial charge in [0, 0.05) is 27.1 Å². The maximum atomic E-state index is 4.52. The number of aromatic nitrogens is 1. The van der Waals surface area contributed by atoms with Crippen molar-refractivity contribution < 1.29 is 0 Å². The van der Waals surface area contributed by atoms with E-state index in [2.05, 4.69) is 62.5 Å². The topological polar surface area (TPSA) is 24.9 Å². The molecule has 1 atom stereocenters. The number of thiazole rings is 1. The minimum Gasteiger partial charge on any atom is -0.313 e. The Morgan fingerprint density at radius 1 is 1.35 bits per heavy atom. The largest absolute Gasteiger partial charge is 0.313 e. The smallest absolute Gasteiger partial charge is 0.0947 e. The summed E-state index contributed by atoms with van der Waals surface area (Å²) < 4.78 is 1.27. The Labute approximate surface area is 120 Å².